The number of rotatable bonds is 6. The van der Waals surface area contributed by atoms with Gasteiger partial charge in [-0.15, -0.1) is 0 Å². The number of methoxy groups -OCH3 is 1. The van der Waals surface area contributed by atoms with Gasteiger partial charge in [0.2, 0.25) is 12.1 Å². The molecule has 3 aromatic rings. The van der Waals surface area contributed by atoms with E-state index >= 15 is 0 Å². The molecular weight excluding hydrogens is 566 g/mol. The van der Waals surface area contributed by atoms with Crippen molar-refractivity contribution in [3.63, 3.8) is 0 Å². The summed E-state index contributed by atoms with van der Waals surface area (Å²) < 4.78 is 5.54. The summed E-state index contributed by atoms with van der Waals surface area (Å²) in [5, 5.41) is 9.75. The summed E-state index contributed by atoms with van der Waals surface area (Å²) in [7, 11) is 1.72. The Morgan fingerprint density at radius 2 is 1.67 bits per heavy atom. The van der Waals surface area contributed by atoms with E-state index < -0.39 is 0 Å². The van der Waals surface area contributed by atoms with Gasteiger partial charge >= 0.3 is 0 Å². The maximum absolute atomic E-state index is 14.2. The molecule has 7 rings (SSSR count). The predicted octanol–water partition coefficient (Wildman–Crippen LogP) is 9.25. The van der Waals surface area contributed by atoms with E-state index in [2.05, 4.69) is 89.7 Å². The zero-order chi connectivity index (χ0) is 31.6. The highest BCUT2D eigenvalue weighted by molar-refractivity contribution is 5.88. The van der Waals surface area contributed by atoms with Gasteiger partial charge in [-0.3, -0.25) is 4.79 Å². The van der Waals surface area contributed by atoms with Crippen LogP contribution < -0.4 is 4.74 Å². The van der Waals surface area contributed by atoms with Crippen molar-refractivity contribution >= 4 is 11.6 Å². The van der Waals surface area contributed by atoms with E-state index in [1.165, 1.54) is 40.7 Å². The van der Waals surface area contributed by atoms with Crippen molar-refractivity contribution < 1.29 is 9.53 Å². The molecular formula is C41H47N3O2. The van der Waals surface area contributed by atoms with Gasteiger partial charge in [-0.05, 0) is 134 Å². The highest BCUT2D eigenvalue weighted by Crippen LogP contribution is 2.57. The average molecular weight is 614 g/mol. The Labute approximate surface area is 274 Å². The molecule has 0 radical (unpaired) electrons. The second-order valence-electron chi connectivity index (χ2n) is 14.3. The van der Waals surface area contributed by atoms with Crippen LogP contribution in [0.25, 0.3) is 0 Å². The van der Waals surface area contributed by atoms with E-state index in [1.807, 2.05) is 6.07 Å². The number of nitriles is 1. The molecule has 2 saturated carbocycles. The van der Waals surface area contributed by atoms with E-state index in [4.69, 9.17) is 4.74 Å². The van der Waals surface area contributed by atoms with Crippen molar-refractivity contribution in [1.82, 2.24) is 4.90 Å². The fraction of sp³-hybridized carbons (Fsp3) is 0.488. The standard InChI is InChI=1S/C41H47N3O2/c1-27-10-3-4-15-32(27)33-20-19-30(33)23-39(43-26-42)28-11-8-18-40-35-17-6-5-16-34(35)37-24-36(29-12-7-14-31(22-29)46-2)38(37)25-41(45)44(40)21-9-13-28/h3-7,10,12,14-17,22,28,30,33,36-38,40H,8-9,11,13,18-21,23-25H2,1-2H3/t28?,30?,33-,36-,37?,38?,40?/m0/s1. The number of carbonyl (C=O) groups excluding carboxylic acids is 1. The minimum absolute atomic E-state index is 0.118. The number of ether oxygens (including phenoxy) is 1. The summed E-state index contributed by atoms with van der Waals surface area (Å²) in [4.78, 5) is 21.0. The maximum atomic E-state index is 14.2. The van der Waals surface area contributed by atoms with Crippen LogP contribution in [0, 0.1) is 36.1 Å². The van der Waals surface area contributed by atoms with E-state index in [1.54, 1.807) is 7.11 Å². The number of nitrogens with zero attached hydrogens (tertiary/aromatic N) is 3. The van der Waals surface area contributed by atoms with Crippen LogP contribution in [0.4, 0.5) is 0 Å². The predicted molar refractivity (Wildman–Crippen MR) is 183 cm³/mol. The largest absolute Gasteiger partial charge is 0.497 e. The summed E-state index contributed by atoms with van der Waals surface area (Å²) in [5.74, 6) is 3.71. The zero-order valence-corrected chi connectivity index (χ0v) is 27.4. The monoisotopic (exact) mass is 613 g/mol. The molecule has 2 aliphatic heterocycles. The Morgan fingerprint density at radius 1 is 0.891 bits per heavy atom. The normalized spacial score (nSPS) is 29.5. The van der Waals surface area contributed by atoms with E-state index in [0.717, 1.165) is 63.0 Å². The molecule has 5 nitrogen and oxygen atoms in total. The fourth-order valence-electron chi connectivity index (χ4n) is 9.42. The molecule has 2 aliphatic carbocycles. The molecule has 238 valence electrons. The van der Waals surface area contributed by atoms with Gasteiger partial charge in [0.15, 0.2) is 0 Å². The molecule has 0 aromatic heterocycles. The Morgan fingerprint density at radius 3 is 2.43 bits per heavy atom. The molecule has 5 heteroatoms. The minimum Gasteiger partial charge on any atom is -0.497 e. The smallest absolute Gasteiger partial charge is 0.223 e. The van der Waals surface area contributed by atoms with Gasteiger partial charge in [-0.1, -0.05) is 67.1 Å². The first-order valence-corrected chi connectivity index (χ1v) is 17.6. The van der Waals surface area contributed by atoms with E-state index in [0.29, 0.717) is 47.8 Å². The van der Waals surface area contributed by atoms with Gasteiger partial charge in [0.25, 0.3) is 0 Å². The quantitative estimate of drug-likeness (QED) is 0.206. The summed E-state index contributed by atoms with van der Waals surface area (Å²) in [6.07, 6.45) is 12.2. The Balaban J connectivity index is 1.10. The molecule has 3 aromatic carbocycles. The summed E-state index contributed by atoms with van der Waals surface area (Å²) in [6.45, 7) is 2.99. The lowest BCUT2D eigenvalue weighted by molar-refractivity contribution is -0.136. The summed E-state index contributed by atoms with van der Waals surface area (Å²) in [5.41, 5.74) is 8.03. The average Bonchev–Trinajstić information content (AvgIpc) is 3.16. The number of aryl methyl sites for hydroxylation is 1. The van der Waals surface area contributed by atoms with Gasteiger partial charge in [0.1, 0.15) is 5.75 Å². The fourth-order valence-corrected chi connectivity index (χ4v) is 9.42. The third kappa shape index (κ3) is 5.88. The number of fused-ring (bicyclic) bond motifs is 5. The van der Waals surface area contributed by atoms with Crippen LogP contribution in [0.2, 0.25) is 0 Å². The van der Waals surface area contributed by atoms with Crippen molar-refractivity contribution in [3.05, 3.63) is 101 Å². The molecule has 46 heavy (non-hydrogen) atoms. The molecule has 3 fully saturated rings. The molecule has 5 unspecified atom stereocenters. The van der Waals surface area contributed by atoms with Crippen LogP contribution in [0.15, 0.2) is 77.8 Å². The highest BCUT2D eigenvalue weighted by atomic mass is 16.5. The molecule has 0 bridgehead atoms. The number of aliphatic imine (C=N–C) groups is 1. The number of benzene rings is 3. The van der Waals surface area contributed by atoms with Crippen LogP contribution in [0.5, 0.6) is 5.75 Å². The highest BCUT2D eigenvalue weighted by Gasteiger charge is 2.47. The summed E-state index contributed by atoms with van der Waals surface area (Å²) >= 11 is 0. The van der Waals surface area contributed by atoms with E-state index in [9.17, 15) is 10.1 Å². The molecule has 0 spiro atoms. The first-order valence-electron chi connectivity index (χ1n) is 17.6. The molecule has 7 atom stereocenters. The van der Waals surface area contributed by atoms with Crippen LogP contribution >= 0.6 is 0 Å². The van der Waals surface area contributed by atoms with Gasteiger partial charge in [0.05, 0.1) is 13.2 Å². The summed E-state index contributed by atoms with van der Waals surface area (Å²) in [6, 6.07) is 26.3. The lowest BCUT2D eigenvalue weighted by Crippen LogP contribution is -2.44. The van der Waals surface area contributed by atoms with Crippen molar-refractivity contribution in [1.29, 1.82) is 5.26 Å². The topological polar surface area (TPSA) is 65.7 Å². The van der Waals surface area contributed by atoms with Gasteiger partial charge < -0.3 is 9.64 Å². The number of hydrogen-bond donors (Lipinski definition) is 0. The Hall–Kier alpha value is -3.91. The lowest BCUT2D eigenvalue weighted by atomic mass is 9.57. The number of carbonyl (C=O) groups is 1. The van der Waals surface area contributed by atoms with Crippen molar-refractivity contribution in [2.45, 2.75) is 94.9 Å². The van der Waals surface area contributed by atoms with Gasteiger partial charge in [-0.2, -0.15) is 10.3 Å². The maximum Gasteiger partial charge on any atom is 0.223 e. The van der Waals surface area contributed by atoms with Crippen molar-refractivity contribution in [2.75, 3.05) is 13.7 Å². The van der Waals surface area contributed by atoms with Gasteiger partial charge in [-0.25, -0.2) is 0 Å². The second-order valence-corrected chi connectivity index (χ2v) is 14.3. The van der Waals surface area contributed by atoms with Gasteiger partial charge in [0, 0.05) is 18.7 Å². The molecule has 2 heterocycles. The van der Waals surface area contributed by atoms with Crippen LogP contribution in [-0.4, -0.2) is 30.2 Å². The number of hydrogen-bond acceptors (Lipinski definition) is 4. The third-order valence-corrected chi connectivity index (χ3v) is 12.0. The molecule has 4 aliphatic rings. The minimum atomic E-state index is 0.118. The van der Waals surface area contributed by atoms with Crippen molar-refractivity contribution in [2.24, 2.45) is 22.7 Å². The van der Waals surface area contributed by atoms with Crippen LogP contribution in [0.1, 0.15) is 116 Å². The first-order chi connectivity index (χ1) is 22.6. The number of amides is 1. The lowest BCUT2D eigenvalue weighted by Gasteiger charge is -2.49. The molecule has 1 amide bonds. The van der Waals surface area contributed by atoms with Crippen molar-refractivity contribution in [3.8, 4) is 11.9 Å². The Bertz CT molecular complexity index is 1640. The Kier molecular flexibility index (Phi) is 8.98. The van der Waals surface area contributed by atoms with Crippen LogP contribution in [0.3, 0.4) is 0 Å². The molecule has 1 saturated heterocycles. The van der Waals surface area contributed by atoms with Crippen LogP contribution in [-0.2, 0) is 4.79 Å². The SMILES string of the molecule is COc1cccc([C@@H]2CC3c4ccccc4C4CCCC(C(CC5CC[C@@H]5c5ccccc5C)=NC#N)CCCN4C(=O)CC32)c1. The third-order valence-electron chi connectivity index (χ3n) is 12.0. The zero-order valence-electron chi connectivity index (χ0n) is 27.4. The second kappa shape index (κ2) is 13.4. The van der Waals surface area contributed by atoms with E-state index in [-0.39, 0.29) is 6.04 Å². The first kappa shape index (κ1) is 30.7. The molecule has 0 N–H and O–H groups in total.